The summed E-state index contributed by atoms with van der Waals surface area (Å²) < 4.78 is 97.7. The number of carbonyl (C=O) groups excluding carboxylic acids is 1. The van der Waals surface area contributed by atoms with Crippen LogP contribution < -0.4 is 4.72 Å². The Morgan fingerprint density at radius 2 is 1.38 bits per heavy atom. The van der Waals surface area contributed by atoms with Crippen LogP contribution in [0.5, 0.6) is 0 Å². The van der Waals surface area contributed by atoms with Gasteiger partial charge >= 0.3 is 5.97 Å². The van der Waals surface area contributed by atoms with Crippen molar-refractivity contribution in [1.82, 2.24) is 4.72 Å². The molecule has 2 aromatic rings. The van der Waals surface area contributed by atoms with Crippen molar-refractivity contribution in [2.75, 3.05) is 7.11 Å². The van der Waals surface area contributed by atoms with Crippen LogP contribution in [0.2, 0.25) is 0 Å². The van der Waals surface area contributed by atoms with Crippen molar-refractivity contribution in [3.63, 3.8) is 0 Å². The van der Waals surface area contributed by atoms with Crippen LogP contribution in [0.3, 0.4) is 0 Å². The molecule has 0 saturated carbocycles. The van der Waals surface area contributed by atoms with E-state index in [2.05, 4.69) is 4.74 Å². The lowest BCUT2D eigenvalue weighted by atomic mass is 10.1. The predicted octanol–water partition coefficient (Wildman–Crippen LogP) is 2.57. The molecule has 26 heavy (non-hydrogen) atoms. The average Bonchev–Trinajstić information content (AvgIpc) is 2.63. The Morgan fingerprint density at radius 3 is 1.85 bits per heavy atom. The molecule has 0 aromatic heterocycles. The van der Waals surface area contributed by atoms with E-state index in [1.165, 1.54) is 30.3 Å². The number of esters is 1. The number of hydrogen-bond acceptors (Lipinski definition) is 4. The van der Waals surface area contributed by atoms with Gasteiger partial charge in [0.15, 0.2) is 28.2 Å². The number of rotatable bonds is 5. The van der Waals surface area contributed by atoms with Gasteiger partial charge in [0.1, 0.15) is 6.04 Å². The van der Waals surface area contributed by atoms with Crippen LogP contribution in [0.4, 0.5) is 22.0 Å². The number of sulfonamides is 1. The van der Waals surface area contributed by atoms with Crippen LogP contribution in [0.15, 0.2) is 35.2 Å². The third-order valence-corrected chi connectivity index (χ3v) is 4.72. The molecule has 2 rings (SSSR count). The van der Waals surface area contributed by atoms with Gasteiger partial charge < -0.3 is 4.74 Å². The van der Waals surface area contributed by atoms with Gasteiger partial charge in [-0.3, -0.25) is 0 Å². The molecule has 140 valence electrons. The topological polar surface area (TPSA) is 72.5 Å². The maximum atomic E-state index is 13.8. The first kappa shape index (κ1) is 19.8. The summed E-state index contributed by atoms with van der Waals surface area (Å²) in [6.07, 6.45) is 0. The molecule has 1 atom stereocenters. The normalized spacial score (nSPS) is 12.7. The summed E-state index contributed by atoms with van der Waals surface area (Å²) in [6, 6.07) is 5.21. The van der Waals surface area contributed by atoms with Gasteiger partial charge in [-0.05, 0) is 5.56 Å². The molecular formula is C15H10F5NO4S. The summed E-state index contributed by atoms with van der Waals surface area (Å²) >= 11 is 0. The van der Waals surface area contributed by atoms with Crippen molar-refractivity contribution in [2.45, 2.75) is 10.9 Å². The lowest BCUT2D eigenvalue weighted by Crippen LogP contribution is -2.36. The summed E-state index contributed by atoms with van der Waals surface area (Å²) in [7, 11) is -4.41. The van der Waals surface area contributed by atoms with Gasteiger partial charge in [0.2, 0.25) is 15.8 Å². The Bertz CT molecular complexity index is 921. The molecule has 0 radical (unpaired) electrons. The zero-order valence-corrected chi connectivity index (χ0v) is 13.7. The van der Waals surface area contributed by atoms with Crippen molar-refractivity contribution in [3.05, 3.63) is 65.0 Å². The Balaban J connectivity index is 2.59. The molecule has 0 fully saturated rings. The maximum Gasteiger partial charge on any atom is 0.328 e. The van der Waals surface area contributed by atoms with Crippen molar-refractivity contribution in [3.8, 4) is 0 Å². The summed E-state index contributed by atoms with van der Waals surface area (Å²) in [5, 5.41) is 0. The van der Waals surface area contributed by atoms with Crippen LogP contribution in [0.25, 0.3) is 0 Å². The number of nitrogens with one attached hydrogen (secondary N) is 1. The number of benzene rings is 2. The fraction of sp³-hybridized carbons (Fsp3) is 0.133. The minimum absolute atomic E-state index is 0.0202. The number of carbonyl (C=O) groups is 1. The minimum Gasteiger partial charge on any atom is -0.468 e. The van der Waals surface area contributed by atoms with E-state index in [1.807, 2.05) is 0 Å². The fourth-order valence-corrected chi connectivity index (χ4v) is 3.36. The van der Waals surface area contributed by atoms with Crippen molar-refractivity contribution in [2.24, 2.45) is 0 Å². The van der Waals surface area contributed by atoms with E-state index in [0.29, 0.717) is 0 Å². The molecule has 0 spiro atoms. The third-order valence-electron chi connectivity index (χ3n) is 3.28. The van der Waals surface area contributed by atoms with Crippen LogP contribution >= 0.6 is 0 Å². The summed E-state index contributed by atoms with van der Waals surface area (Å²) in [6.45, 7) is 0. The van der Waals surface area contributed by atoms with Crippen molar-refractivity contribution >= 4 is 16.0 Å². The Kier molecular flexibility index (Phi) is 5.62. The van der Waals surface area contributed by atoms with Gasteiger partial charge in [-0.15, -0.1) is 0 Å². The number of hydrogen-bond donors (Lipinski definition) is 1. The quantitative estimate of drug-likeness (QED) is 0.366. The second-order valence-corrected chi connectivity index (χ2v) is 6.54. The first-order chi connectivity index (χ1) is 12.1. The third kappa shape index (κ3) is 3.53. The largest absolute Gasteiger partial charge is 0.468 e. The molecule has 11 heteroatoms. The van der Waals surface area contributed by atoms with Crippen LogP contribution in [0, 0.1) is 29.1 Å². The number of halogens is 5. The highest BCUT2D eigenvalue weighted by Crippen LogP contribution is 2.28. The second-order valence-electron chi connectivity index (χ2n) is 4.89. The van der Waals surface area contributed by atoms with Crippen LogP contribution in [0.1, 0.15) is 11.6 Å². The van der Waals surface area contributed by atoms with Gasteiger partial charge in [-0.25, -0.2) is 35.2 Å². The summed E-state index contributed by atoms with van der Waals surface area (Å²) in [5.41, 5.74) is 0.0202. The molecule has 0 heterocycles. The highest BCUT2D eigenvalue weighted by molar-refractivity contribution is 7.89. The molecule has 0 saturated heterocycles. The summed E-state index contributed by atoms with van der Waals surface area (Å²) in [5.74, 6) is -13.6. The van der Waals surface area contributed by atoms with Gasteiger partial charge in [0.25, 0.3) is 0 Å². The number of methoxy groups -OCH3 is 1. The monoisotopic (exact) mass is 395 g/mol. The van der Waals surface area contributed by atoms with Crippen LogP contribution in [-0.2, 0) is 19.6 Å². The molecule has 0 aliphatic rings. The maximum absolute atomic E-state index is 13.8. The molecule has 0 aliphatic carbocycles. The standard InChI is InChI=1S/C15H10F5NO4S/c1-25-15(22)13(7-5-3-2-4-6-7)21-26(23,24)14-11(19)9(17)8(16)10(18)12(14)20/h2-6,13,21H,1H3. The second kappa shape index (κ2) is 7.38. The molecule has 2 aromatic carbocycles. The SMILES string of the molecule is COC(=O)C(NS(=O)(=O)c1c(F)c(F)c(F)c(F)c1F)c1ccccc1. The van der Waals surface area contributed by atoms with Crippen molar-refractivity contribution in [1.29, 1.82) is 0 Å². The minimum atomic E-state index is -5.33. The van der Waals surface area contributed by atoms with E-state index < -0.39 is 56.0 Å². The molecule has 0 amide bonds. The average molecular weight is 395 g/mol. The van der Waals surface area contributed by atoms with Gasteiger partial charge in [0.05, 0.1) is 7.11 Å². The van der Waals surface area contributed by atoms with E-state index >= 15 is 0 Å². The molecule has 1 N–H and O–H groups in total. The Morgan fingerprint density at radius 1 is 0.923 bits per heavy atom. The summed E-state index contributed by atoms with van der Waals surface area (Å²) in [4.78, 5) is 9.74. The highest BCUT2D eigenvalue weighted by Gasteiger charge is 2.36. The highest BCUT2D eigenvalue weighted by atomic mass is 32.2. The molecule has 5 nitrogen and oxygen atoms in total. The van der Waals surface area contributed by atoms with Crippen LogP contribution in [-0.4, -0.2) is 21.5 Å². The number of ether oxygens (including phenoxy) is 1. The van der Waals surface area contributed by atoms with E-state index in [4.69, 9.17) is 0 Å². The van der Waals surface area contributed by atoms with E-state index in [-0.39, 0.29) is 5.56 Å². The molecule has 0 aliphatic heterocycles. The lowest BCUT2D eigenvalue weighted by molar-refractivity contribution is -0.142. The molecular weight excluding hydrogens is 385 g/mol. The van der Waals surface area contributed by atoms with Gasteiger partial charge in [-0.1, -0.05) is 30.3 Å². The van der Waals surface area contributed by atoms with Gasteiger partial charge in [-0.2, -0.15) is 4.72 Å². The Hall–Kier alpha value is -2.53. The first-order valence-corrected chi connectivity index (χ1v) is 8.26. The molecule has 1 unspecified atom stereocenters. The predicted molar refractivity (Wildman–Crippen MR) is 77.8 cm³/mol. The zero-order valence-electron chi connectivity index (χ0n) is 12.9. The van der Waals surface area contributed by atoms with E-state index in [1.54, 1.807) is 4.72 Å². The molecule has 0 bridgehead atoms. The fourth-order valence-electron chi connectivity index (χ4n) is 2.05. The Labute approximate surface area is 144 Å². The van der Waals surface area contributed by atoms with Gasteiger partial charge in [0, 0.05) is 0 Å². The van der Waals surface area contributed by atoms with E-state index in [9.17, 15) is 35.2 Å². The smallest absolute Gasteiger partial charge is 0.328 e. The first-order valence-electron chi connectivity index (χ1n) is 6.78. The zero-order chi connectivity index (χ0) is 19.6. The lowest BCUT2D eigenvalue weighted by Gasteiger charge is -2.18. The van der Waals surface area contributed by atoms with E-state index in [0.717, 1.165) is 7.11 Å². The van der Waals surface area contributed by atoms with Crippen molar-refractivity contribution < 1.29 is 39.9 Å².